The van der Waals surface area contributed by atoms with Crippen LogP contribution in [0, 0.1) is 5.92 Å². The molecule has 9 nitrogen and oxygen atoms in total. The molecular formula is C23H30N6O3. The normalized spacial score (nSPS) is 15.0. The first-order chi connectivity index (χ1) is 15.3. The molecule has 1 aromatic carbocycles. The van der Waals surface area contributed by atoms with Gasteiger partial charge in [0.05, 0.1) is 17.7 Å². The molecule has 2 heterocycles. The zero-order chi connectivity index (χ0) is 22.8. The number of amides is 1. The van der Waals surface area contributed by atoms with Crippen LogP contribution in [0.15, 0.2) is 34.9 Å². The largest absolute Gasteiger partial charge is 0.384 e. The van der Waals surface area contributed by atoms with Crippen molar-refractivity contribution in [2.24, 2.45) is 11.7 Å². The summed E-state index contributed by atoms with van der Waals surface area (Å²) in [6.45, 7) is 3.90. The van der Waals surface area contributed by atoms with Crippen LogP contribution >= 0.6 is 0 Å². The minimum absolute atomic E-state index is 0.0227. The molecule has 0 aliphatic heterocycles. The highest BCUT2D eigenvalue weighted by molar-refractivity contribution is 5.91. The van der Waals surface area contributed by atoms with Crippen molar-refractivity contribution < 1.29 is 14.4 Å². The Morgan fingerprint density at radius 2 is 2.03 bits per heavy atom. The molecule has 1 atom stereocenters. The Hall–Kier alpha value is -3.17. The molecule has 2 aromatic heterocycles. The lowest BCUT2D eigenvalue weighted by molar-refractivity contribution is -0.115. The van der Waals surface area contributed by atoms with Crippen LogP contribution in [-0.4, -0.2) is 26.0 Å². The fourth-order valence-electron chi connectivity index (χ4n) is 3.97. The fourth-order valence-corrected chi connectivity index (χ4v) is 3.97. The van der Waals surface area contributed by atoms with E-state index in [0.717, 1.165) is 23.2 Å². The topological polar surface area (TPSA) is 145 Å². The van der Waals surface area contributed by atoms with E-state index in [0.29, 0.717) is 28.9 Å². The van der Waals surface area contributed by atoms with Crippen molar-refractivity contribution in [3.05, 3.63) is 47.2 Å². The molecule has 1 aliphatic carbocycles. The first kappa shape index (κ1) is 22.0. The highest BCUT2D eigenvalue weighted by Crippen LogP contribution is 2.32. The molecule has 1 saturated carbocycles. The first-order valence-corrected chi connectivity index (χ1v) is 11.0. The average Bonchev–Trinajstić information content (AvgIpc) is 3.29. The van der Waals surface area contributed by atoms with Gasteiger partial charge < -0.3 is 21.1 Å². The Kier molecular flexibility index (Phi) is 6.29. The Labute approximate surface area is 186 Å². The summed E-state index contributed by atoms with van der Waals surface area (Å²) in [5.74, 6) is 1.22. The lowest BCUT2D eigenvalue weighted by atomic mass is 9.82. The lowest BCUT2D eigenvalue weighted by Gasteiger charge is -2.23. The highest BCUT2D eigenvalue weighted by Gasteiger charge is 2.23. The minimum Gasteiger partial charge on any atom is -0.384 e. The van der Waals surface area contributed by atoms with Crippen molar-refractivity contribution in [1.82, 2.24) is 14.9 Å². The summed E-state index contributed by atoms with van der Waals surface area (Å²) in [5.41, 5.74) is 15.3. The van der Waals surface area contributed by atoms with Crippen molar-refractivity contribution in [1.29, 1.82) is 0 Å². The standard InChI is InChI=1S/C23H30N6O3/c1-13(2)29-22(24)20(23(25)31)21(27-29)16-8-6-15(7-9-16)11-18(30)26-19-12-17(28-32-19)10-14-4-3-5-14/h6-9,12-14,23,31H,3-5,10-11,24-25H2,1-2H3,(H,26,30). The number of carbonyl (C=O) groups is 1. The number of carbonyl (C=O) groups excluding carboxylic acids is 1. The summed E-state index contributed by atoms with van der Waals surface area (Å²) >= 11 is 0. The third-order valence-electron chi connectivity index (χ3n) is 5.91. The molecule has 1 amide bonds. The van der Waals surface area contributed by atoms with E-state index in [9.17, 15) is 9.90 Å². The van der Waals surface area contributed by atoms with Gasteiger partial charge in [0.25, 0.3) is 0 Å². The van der Waals surface area contributed by atoms with Crippen LogP contribution in [0.1, 0.15) is 62.2 Å². The molecular weight excluding hydrogens is 408 g/mol. The highest BCUT2D eigenvalue weighted by atomic mass is 16.5. The number of nitrogens with two attached hydrogens (primary N) is 2. The third kappa shape index (κ3) is 4.68. The van der Waals surface area contributed by atoms with Crippen molar-refractivity contribution in [2.45, 2.75) is 58.2 Å². The first-order valence-electron chi connectivity index (χ1n) is 11.0. The number of nitrogen functional groups attached to an aromatic ring is 1. The van der Waals surface area contributed by atoms with E-state index in [4.69, 9.17) is 16.0 Å². The summed E-state index contributed by atoms with van der Waals surface area (Å²) in [5, 5.41) is 21.3. The maximum Gasteiger partial charge on any atom is 0.231 e. The monoisotopic (exact) mass is 438 g/mol. The second-order valence-corrected chi connectivity index (χ2v) is 8.74. The van der Waals surface area contributed by atoms with Gasteiger partial charge in [0.2, 0.25) is 11.8 Å². The van der Waals surface area contributed by atoms with E-state index < -0.39 is 6.23 Å². The van der Waals surface area contributed by atoms with Crippen LogP contribution in [-0.2, 0) is 17.6 Å². The molecule has 0 spiro atoms. The van der Waals surface area contributed by atoms with Gasteiger partial charge in [0.15, 0.2) is 0 Å². The van der Waals surface area contributed by atoms with Gasteiger partial charge >= 0.3 is 0 Å². The summed E-state index contributed by atoms with van der Waals surface area (Å²) in [6.07, 6.45) is 3.61. The van der Waals surface area contributed by atoms with Crippen LogP contribution in [0.5, 0.6) is 0 Å². The van der Waals surface area contributed by atoms with Crippen molar-refractivity contribution in [2.75, 3.05) is 11.1 Å². The van der Waals surface area contributed by atoms with Gasteiger partial charge in [-0.25, -0.2) is 4.68 Å². The number of hydrogen-bond acceptors (Lipinski definition) is 7. The fraction of sp³-hybridized carbons (Fsp3) is 0.435. The number of anilines is 2. The average molecular weight is 439 g/mol. The zero-order valence-electron chi connectivity index (χ0n) is 18.4. The number of hydrogen-bond donors (Lipinski definition) is 4. The molecule has 0 bridgehead atoms. The smallest absolute Gasteiger partial charge is 0.231 e. The van der Waals surface area contributed by atoms with Crippen LogP contribution in [0.3, 0.4) is 0 Å². The molecule has 32 heavy (non-hydrogen) atoms. The molecule has 170 valence electrons. The van der Waals surface area contributed by atoms with Crippen LogP contribution in [0.25, 0.3) is 11.3 Å². The molecule has 1 unspecified atom stereocenters. The van der Waals surface area contributed by atoms with Gasteiger partial charge in [-0.3, -0.25) is 10.1 Å². The van der Waals surface area contributed by atoms with E-state index in [1.165, 1.54) is 19.3 Å². The van der Waals surface area contributed by atoms with E-state index in [1.807, 2.05) is 38.1 Å². The molecule has 9 heteroatoms. The number of aliphatic hydroxyl groups is 1. The zero-order valence-corrected chi connectivity index (χ0v) is 18.4. The Bertz CT molecular complexity index is 1080. The van der Waals surface area contributed by atoms with Crippen molar-refractivity contribution >= 4 is 17.6 Å². The van der Waals surface area contributed by atoms with E-state index in [-0.39, 0.29) is 18.4 Å². The van der Waals surface area contributed by atoms with Gasteiger partial charge in [-0.15, -0.1) is 0 Å². The molecule has 6 N–H and O–H groups in total. The van der Waals surface area contributed by atoms with Crippen LogP contribution in [0.4, 0.5) is 11.7 Å². The lowest BCUT2D eigenvalue weighted by Crippen LogP contribution is -2.14. The van der Waals surface area contributed by atoms with E-state index in [2.05, 4.69) is 15.6 Å². The second-order valence-electron chi connectivity index (χ2n) is 8.74. The summed E-state index contributed by atoms with van der Waals surface area (Å²) in [4.78, 5) is 12.4. The van der Waals surface area contributed by atoms with Gasteiger partial charge in [-0.1, -0.05) is 48.7 Å². The number of aliphatic hydroxyl groups excluding tert-OH is 1. The summed E-state index contributed by atoms with van der Waals surface area (Å²) < 4.78 is 6.89. The summed E-state index contributed by atoms with van der Waals surface area (Å²) in [7, 11) is 0. The predicted octanol–water partition coefficient (Wildman–Crippen LogP) is 3.17. The maximum atomic E-state index is 12.4. The van der Waals surface area contributed by atoms with Gasteiger partial charge in [-0.2, -0.15) is 5.10 Å². The Balaban J connectivity index is 1.42. The van der Waals surface area contributed by atoms with Gasteiger partial charge in [-0.05, 0) is 31.7 Å². The van der Waals surface area contributed by atoms with E-state index in [1.54, 1.807) is 10.7 Å². The number of benzene rings is 1. The second kappa shape index (κ2) is 9.13. The SMILES string of the molecule is CC(C)n1nc(-c2ccc(CC(=O)Nc3cc(CC4CCC4)no3)cc2)c(C(N)O)c1N. The summed E-state index contributed by atoms with van der Waals surface area (Å²) in [6, 6.07) is 9.19. The Morgan fingerprint density at radius 3 is 2.62 bits per heavy atom. The molecule has 0 saturated heterocycles. The maximum absolute atomic E-state index is 12.4. The number of nitrogens with zero attached hydrogens (tertiary/aromatic N) is 3. The van der Waals surface area contributed by atoms with Crippen LogP contribution < -0.4 is 16.8 Å². The minimum atomic E-state index is -1.24. The van der Waals surface area contributed by atoms with Gasteiger partial charge in [0.1, 0.15) is 17.7 Å². The van der Waals surface area contributed by atoms with E-state index >= 15 is 0 Å². The van der Waals surface area contributed by atoms with Crippen molar-refractivity contribution in [3.63, 3.8) is 0 Å². The molecule has 4 rings (SSSR count). The number of rotatable bonds is 8. The number of nitrogens with one attached hydrogen (secondary N) is 1. The third-order valence-corrected chi connectivity index (χ3v) is 5.91. The Morgan fingerprint density at radius 1 is 1.31 bits per heavy atom. The molecule has 0 radical (unpaired) electrons. The molecule has 1 fully saturated rings. The molecule has 1 aliphatic rings. The molecule has 3 aromatic rings. The number of aromatic nitrogens is 3. The van der Waals surface area contributed by atoms with Crippen molar-refractivity contribution in [3.8, 4) is 11.3 Å². The van der Waals surface area contributed by atoms with Gasteiger partial charge in [0, 0.05) is 17.7 Å². The predicted molar refractivity (Wildman–Crippen MR) is 121 cm³/mol. The quantitative estimate of drug-likeness (QED) is 0.395. The van der Waals surface area contributed by atoms with Crippen LogP contribution in [0.2, 0.25) is 0 Å².